The average Bonchev–Trinajstić information content (AvgIpc) is 2.86. The number of sulfonamides is 1. The lowest BCUT2D eigenvalue weighted by atomic mass is 10.1. The number of carbonyl (C=O) groups excluding carboxylic acids is 2. The van der Waals surface area contributed by atoms with E-state index in [9.17, 15) is 18.0 Å². The van der Waals surface area contributed by atoms with Crippen molar-refractivity contribution in [3.05, 3.63) is 52.5 Å². The molecule has 1 atom stereocenters. The SMILES string of the molecule is CC(C)CNC(=O)[C@H](C)N(Cc1cccc(Br)c1)C(=O)CCCN(c1ccc2c(c1)OCCO2)S(C)(=O)=O. The van der Waals surface area contributed by atoms with E-state index in [1.54, 1.807) is 30.0 Å². The van der Waals surface area contributed by atoms with Crippen molar-refractivity contribution < 1.29 is 27.5 Å². The minimum Gasteiger partial charge on any atom is -0.486 e. The Morgan fingerprint density at radius 1 is 1.05 bits per heavy atom. The molecule has 0 saturated heterocycles. The molecule has 0 spiro atoms. The van der Waals surface area contributed by atoms with E-state index in [1.807, 2.05) is 38.1 Å². The van der Waals surface area contributed by atoms with Crippen LogP contribution in [0.4, 0.5) is 5.69 Å². The fourth-order valence-electron chi connectivity index (χ4n) is 4.06. The zero-order valence-corrected chi connectivity index (χ0v) is 24.7. The zero-order valence-electron chi connectivity index (χ0n) is 22.3. The molecule has 2 aromatic carbocycles. The average molecular weight is 611 g/mol. The van der Waals surface area contributed by atoms with Crippen LogP contribution in [0.5, 0.6) is 11.5 Å². The molecule has 1 N–H and O–H groups in total. The van der Waals surface area contributed by atoms with Crippen molar-refractivity contribution >= 4 is 43.5 Å². The number of ether oxygens (including phenoxy) is 2. The number of hydrogen-bond donors (Lipinski definition) is 1. The van der Waals surface area contributed by atoms with Crippen LogP contribution in [-0.4, -0.2) is 63.7 Å². The summed E-state index contributed by atoms with van der Waals surface area (Å²) in [6.07, 6.45) is 1.48. The maximum atomic E-state index is 13.4. The first-order chi connectivity index (χ1) is 18.0. The van der Waals surface area contributed by atoms with E-state index in [4.69, 9.17) is 9.47 Å². The standard InChI is InChI=1S/C27H36BrN3O6S/c1-19(2)17-29-27(33)20(3)30(18-21-7-5-8-22(28)15-21)26(32)9-6-12-31(38(4,34)35)23-10-11-24-25(16-23)37-14-13-36-24/h5,7-8,10-11,15-16,19-20H,6,9,12-14,17-18H2,1-4H3,(H,29,33)/t20-/m0/s1. The van der Waals surface area contributed by atoms with Gasteiger partial charge in [-0.2, -0.15) is 0 Å². The van der Waals surface area contributed by atoms with Gasteiger partial charge in [-0.1, -0.05) is 41.9 Å². The van der Waals surface area contributed by atoms with Gasteiger partial charge in [0.05, 0.1) is 11.9 Å². The summed E-state index contributed by atoms with van der Waals surface area (Å²) in [6.45, 7) is 7.42. The minimum absolute atomic E-state index is 0.0758. The largest absolute Gasteiger partial charge is 0.486 e. The van der Waals surface area contributed by atoms with Gasteiger partial charge in [0.1, 0.15) is 19.3 Å². The molecular formula is C27H36BrN3O6S. The van der Waals surface area contributed by atoms with Crippen molar-refractivity contribution in [2.24, 2.45) is 5.92 Å². The third kappa shape index (κ3) is 8.36. The maximum Gasteiger partial charge on any atom is 0.242 e. The van der Waals surface area contributed by atoms with Crippen LogP contribution in [-0.2, 0) is 26.2 Å². The van der Waals surface area contributed by atoms with Gasteiger partial charge in [-0.05, 0) is 49.1 Å². The van der Waals surface area contributed by atoms with E-state index in [-0.39, 0.29) is 43.7 Å². The summed E-state index contributed by atoms with van der Waals surface area (Å²) in [6, 6.07) is 11.9. The van der Waals surface area contributed by atoms with Gasteiger partial charge in [0.2, 0.25) is 21.8 Å². The lowest BCUT2D eigenvalue weighted by Crippen LogP contribution is -2.48. The number of halogens is 1. The topological polar surface area (TPSA) is 105 Å². The summed E-state index contributed by atoms with van der Waals surface area (Å²) < 4.78 is 38.5. The number of benzene rings is 2. The Bertz CT molecular complexity index is 1240. The first-order valence-electron chi connectivity index (χ1n) is 12.6. The number of fused-ring (bicyclic) bond motifs is 1. The van der Waals surface area contributed by atoms with Gasteiger partial charge < -0.3 is 19.7 Å². The fraction of sp³-hybridized carbons (Fsp3) is 0.481. The van der Waals surface area contributed by atoms with Crippen LogP contribution in [0.2, 0.25) is 0 Å². The smallest absolute Gasteiger partial charge is 0.242 e. The molecule has 9 nitrogen and oxygen atoms in total. The normalized spacial score (nSPS) is 13.6. The highest BCUT2D eigenvalue weighted by molar-refractivity contribution is 9.10. The van der Waals surface area contributed by atoms with Crippen LogP contribution in [0.3, 0.4) is 0 Å². The van der Waals surface area contributed by atoms with Crippen molar-refractivity contribution in [1.82, 2.24) is 10.2 Å². The molecule has 1 aliphatic heterocycles. The van der Waals surface area contributed by atoms with E-state index in [1.165, 1.54) is 4.31 Å². The first kappa shape index (κ1) is 29.8. The Kier molecular flexibility index (Phi) is 10.4. The summed E-state index contributed by atoms with van der Waals surface area (Å²) in [5.41, 5.74) is 1.32. The highest BCUT2D eigenvalue weighted by Gasteiger charge is 2.27. The molecule has 0 radical (unpaired) electrons. The van der Waals surface area contributed by atoms with E-state index in [0.717, 1.165) is 16.3 Å². The quantitative estimate of drug-likeness (QED) is 0.390. The Balaban J connectivity index is 1.73. The number of carbonyl (C=O) groups is 2. The molecule has 0 aliphatic carbocycles. The van der Waals surface area contributed by atoms with Crippen molar-refractivity contribution in [1.29, 1.82) is 0 Å². The van der Waals surface area contributed by atoms with Crippen LogP contribution < -0.4 is 19.1 Å². The molecule has 2 amide bonds. The highest BCUT2D eigenvalue weighted by atomic mass is 79.9. The summed E-state index contributed by atoms with van der Waals surface area (Å²) >= 11 is 3.46. The lowest BCUT2D eigenvalue weighted by Gasteiger charge is -2.30. The van der Waals surface area contributed by atoms with E-state index in [0.29, 0.717) is 36.9 Å². The number of amides is 2. The van der Waals surface area contributed by atoms with Crippen LogP contribution in [0.15, 0.2) is 46.9 Å². The molecule has 38 heavy (non-hydrogen) atoms. The zero-order chi connectivity index (χ0) is 27.9. The number of rotatable bonds is 12. The van der Waals surface area contributed by atoms with Crippen LogP contribution in [0.1, 0.15) is 39.2 Å². The van der Waals surface area contributed by atoms with Crippen LogP contribution in [0, 0.1) is 5.92 Å². The predicted octanol–water partition coefficient (Wildman–Crippen LogP) is 3.96. The molecule has 0 unspecified atom stereocenters. The molecule has 0 saturated carbocycles. The molecular weight excluding hydrogens is 574 g/mol. The molecule has 3 rings (SSSR count). The number of anilines is 1. The second-order valence-corrected chi connectivity index (χ2v) is 12.6. The number of nitrogens with one attached hydrogen (secondary N) is 1. The van der Waals surface area contributed by atoms with Crippen LogP contribution >= 0.6 is 15.9 Å². The maximum absolute atomic E-state index is 13.4. The van der Waals surface area contributed by atoms with Gasteiger partial charge in [-0.15, -0.1) is 0 Å². The van der Waals surface area contributed by atoms with Gasteiger partial charge in [0.15, 0.2) is 11.5 Å². The Labute approximate surface area is 233 Å². The Morgan fingerprint density at radius 2 is 1.76 bits per heavy atom. The summed E-state index contributed by atoms with van der Waals surface area (Å²) in [5, 5.41) is 2.90. The minimum atomic E-state index is -3.62. The van der Waals surface area contributed by atoms with Crippen molar-refractivity contribution in [2.75, 3.05) is 36.9 Å². The van der Waals surface area contributed by atoms with E-state index < -0.39 is 16.1 Å². The molecule has 11 heteroatoms. The molecule has 0 fully saturated rings. The fourth-order valence-corrected chi connectivity index (χ4v) is 5.46. The monoisotopic (exact) mass is 609 g/mol. The molecule has 2 aromatic rings. The van der Waals surface area contributed by atoms with Crippen molar-refractivity contribution in [2.45, 2.75) is 46.2 Å². The van der Waals surface area contributed by atoms with Crippen molar-refractivity contribution in [3.8, 4) is 11.5 Å². The second-order valence-electron chi connectivity index (χ2n) is 9.73. The van der Waals surface area contributed by atoms with E-state index in [2.05, 4.69) is 21.2 Å². The molecule has 0 aromatic heterocycles. The van der Waals surface area contributed by atoms with Gasteiger partial charge in [-0.3, -0.25) is 13.9 Å². The molecule has 208 valence electrons. The van der Waals surface area contributed by atoms with Gasteiger partial charge >= 0.3 is 0 Å². The van der Waals surface area contributed by atoms with Crippen LogP contribution in [0.25, 0.3) is 0 Å². The third-order valence-electron chi connectivity index (χ3n) is 6.06. The van der Waals surface area contributed by atoms with Gasteiger partial charge in [-0.25, -0.2) is 8.42 Å². The summed E-state index contributed by atoms with van der Waals surface area (Å²) in [5.74, 6) is 0.878. The highest BCUT2D eigenvalue weighted by Crippen LogP contribution is 2.34. The number of nitrogens with zero attached hydrogens (tertiary/aromatic N) is 2. The lowest BCUT2D eigenvalue weighted by molar-refractivity contribution is -0.140. The number of hydrogen-bond acceptors (Lipinski definition) is 6. The van der Waals surface area contributed by atoms with Crippen molar-refractivity contribution in [3.63, 3.8) is 0 Å². The summed E-state index contributed by atoms with van der Waals surface area (Å²) in [7, 11) is -3.62. The molecule has 1 aliphatic rings. The van der Waals surface area contributed by atoms with E-state index >= 15 is 0 Å². The third-order valence-corrected chi connectivity index (χ3v) is 7.75. The van der Waals surface area contributed by atoms with Gasteiger partial charge in [0.25, 0.3) is 0 Å². The van der Waals surface area contributed by atoms with Gasteiger partial charge in [0, 0.05) is 36.6 Å². The Morgan fingerprint density at radius 3 is 2.42 bits per heavy atom. The summed E-state index contributed by atoms with van der Waals surface area (Å²) in [4.78, 5) is 27.8. The predicted molar refractivity (Wildman–Crippen MR) is 151 cm³/mol. The Hall–Kier alpha value is -2.79. The second kappa shape index (κ2) is 13.3. The molecule has 1 heterocycles. The first-order valence-corrected chi connectivity index (χ1v) is 15.3. The molecule has 0 bridgehead atoms.